The molecule has 1 aliphatic rings. The smallest absolute Gasteiger partial charge is 0.270 e. The highest BCUT2D eigenvalue weighted by atomic mass is 32.2. The molecule has 0 spiro atoms. The zero-order chi connectivity index (χ0) is 20.5. The van der Waals surface area contributed by atoms with Crippen molar-refractivity contribution in [3.8, 4) is 0 Å². The van der Waals surface area contributed by atoms with E-state index in [9.17, 15) is 23.3 Å². The minimum Gasteiger partial charge on any atom is -0.299 e. The number of nitrogens with zero attached hydrogens (tertiary/aromatic N) is 5. The summed E-state index contributed by atoms with van der Waals surface area (Å²) in [4.78, 5) is 22.1. The summed E-state index contributed by atoms with van der Waals surface area (Å²) < 4.78 is 28.9. The van der Waals surface area contributed by atoms with Crippen molar-refractivity contribution in [2.75, 3.05) is 6.54 Å². The molecule has 148 valence electrons. The molecule has 1 aromatic heterocycles. The summed E-state index contributed by atoms with van der Waals surface area (Å²) in [5.41, 5.74) is 0.371. The third-order valence-corrected chi connectivity index (χ3v) is 6.13. The average molecular weight is 405 g/mol. The van der Waals surface area contributed by atoms with E-state index in [4.69, 9.17) is 0 Å². The predicted octanol–water partition coefficient (Wildman–Crippen LogP) is 2.16. The van der Waals surface area contributed by atoms with Gasteiger partial charge in [-0.25, -0.2) is 13.1 Å². The molecule has 0 unspecified atom stereocenters. The number of piperidine rings is 1. The van der Waals surface area contributed by atoms with E-state index in [0.717, 1.165) is 10.4 Å². The number of carbonyl (C=O) groups is 1. The predicted molar refractivity (Wildman–Crippen MR) is 99.6 cm³/mol. The first-order chi connectivity index (χ1) is 13.2. The summed E-state index contributed by atoms with van der Waals surface area (Å²) >= 11 is 0. The fourth-order valence-corrected chi connectivity index (χ4v) is 4.34. The van der Waals surface area contributed by atoms with Gasteiger partial charge in [-0.1, -0.05) is 11.3 Å². The Labute approximate surface area is 161 Å². The fourth-order valence-electron chi connectivity index (χ4n) is 2.81. The molecule has 0 N–H and O–H groups in total. The van der Waals surface area contributed by atoms with Gasteiger partial charge in [0.2, 0.25) is 0 Å². The Hall–Kier alpha value is -3.08. The van der Waals surface area contributed by atoms with Crippen LogP contribution in [-0.4, -0.2) is 45.0 Å². The monoisotopic (exact) mass is 405 g/mol. The lowest BCUT2D eigenvalue weighted by atomic mass is 10.1. The second-order valence-corrected chi connectivity index (χ2v) is 8.51. The van der Waals surface area contributed by atoms with Crippen molar-refractivity contribution < 1.29 is 18.1 Å². The van der Waals surface area contributed by atoms with E-state index in [1.807, 2.05) is 13.8 Å². The minimum absolute atomic E-state index is 0.0337. The number of hydrogen-bond acceptors (Lipinski definition) is 7. The molecule has 0 saturated carbocycles. The van der Waals surface area contributed by atoms with Gasteiger partial charge < -0.3 is 0 Å². The molecular weight excluding hydrogens is 386 g/mol. The molecule has 1 fully saturated rings. The first-order valence-electron chi connectivity index (χ1n) is 8.60. The van der Waals surface area contributed by atoms with Crippen molar-refractivity contribution in [1.29, 1.82) is 0 Å². The first-order valence-corrected chi connectivity index (χ1v) is 10.0. The number of non-ortho nitro benzene ring substituents is 1. The molecule has 11 heteroatoms. The molecule has 10 nitrogen and oxygen atoms in total. The van der Waals surface area contributed by atoms with Crippen LogP contribution in [0.1, 0.15) is 38.4 Å². The van der Waals surface area contributed by atoms with Crippen LogP contribution in [0.25, 0.3) is 6.08 Å². The topological polar surface area (TPSA) is 128 Å². The summed E-state index contributed by atoms with van der Waals surface area (Å²) in [6.07, 6.45) is 3.18. The zero-order valence-electron chi connectivity index (χ0n) is 15.3. The Morgan fingerprint density at radius 3 is 2.71 bits per heavy atom. The van der Waals surface area contributed by atoms with E-state index < -0.39 is 14.9 Å². The Morgan fingerprint density at radius 1 is 1.32 bits per heavy atom. The number of allylic oxidation sites excluding steroid dienone is 1. The van der Waals surface area contributed by atoms with E-state index in [1.165, 1.54) is 24.3 Å². The quantitative estimate of drug-likeness (QED) is 0.550. The highest BCUT2D eigenvalue weighted by molar-refractivity contribution is 7.89. The maximum absolute atomic E-state index is 13.1. The third kappa shape index (κ3) is 3.93. The third-order valence-electron chi connectivity index (χ3n) is 4.28. The average Bonchev–Trinajstić information content (AvgIpc) is 3.10. The second-order valence-electron chi connectivity index (χ2n) is 6.65. The van der Waals surface area contributed by atoms with E-state index in [-0.39, 0.29) is 47.5 Å². The molecule has 0 aliphatic carbocycles. The van der Waals surface area contributed by atoms with Crippen LogP contribution in [0, 0.1) is 10.1 Å². The van der Waals surface area contributed by atoms with Crippen LogP contribution in [0.2, 0.25) is 0 Å². The van der Waals surface area contributed by atoms with Gasteiger partial charge in [-0.3, -0.25) is 19.2 Å². The number of ketones is 1. The molecule has 1 aromatic carbocycles. The van der Waals surface area contributed by atoms with Crippen LogP contribution in [0.5, 0.6) is 0 Å². The molecule has 0 atom stereocenters. The highest BCUT2D eigenvalue weighted by Crippen LogP contribution is 2.29. The molecule has 2 heterocycles. The van der Waals surface area contributed by atoms with Gasteiger partial charge in [0, 0.05) is 43.3 Å². The van der Waals surface area contributed by atoms with Gasteiger partial charge in [-0.2, -0.15) is 0 Å². The van der Waals surface area contributed by atoms with E-state index in [2.05, 4.69) is 10.3 Å². The molecule has 28 heavy (non-hydrogen) atoms. The Balaban J connectivity index is 2.01. The van der Waals surface area contributed by atoms with E-state index in [0.29, 0.717) is 5.69 Å². The largest absolute Gasteiger partial charge is 0.299 e. The number of hydrogen-bond donors (Lipinski definition) is 0. The zero-order valence-corrected chi connectivity index (χ0v) is 16.2. The molecule has 1 saturated heterocycles. The maximum atomic E-state index is 13.1. The lowest BCUT2D eigenvalue weighted by Crippen LogP contribution is -2.37. The molecular formula is C17H19N5O5S. The number of aromatic nitrogens is 3. The molecule has 0 bridgehead atoms. The standard InChI is InChI=1S/C17H19N5O5S/c1-12(2)20-11-13(18-19-20)8-15-9-16(23)6-7-21(15)28(26,27)17-5-3-4-14(10-17)22(24)25/h3-5,8,10-12H,6-7,9H2,1-2H3. The van der Waals surface area contributed by atoms with Crippen molar-refractivity contribution >= 4 is 27.6 Å². The second kappa shape index (κ2) is 7.50. The van der Waals surface area contributed by atoms with Crippen molar-refractivity contribution in [2.45, 2.75) is 37.6 Å². The number of nitro groups is 1. The van der Waals surface area contributed by atoms with Crippen molar-refractivity contribution in [3.63, 3.8) is 0 Å². The number of nitro benzene ring substituents is 1. The number of sulfonamides is 1. The summed E-state index contributed by atoms with van der Waals surface area (Å²) in [6, 6.07) is 4.93. The number of Topliss-reactive ketones (excluding diaryl/α,β-unsaturated/α-hetero) is 1. The van der Waals surface area contributed by atoms with Crippen LogP contribution < -0.4 is 0 Å². The normalized spacial score (nSPS) is 16.8. The van der Waals surface area contributed by atoms with Gasteiger partial charge in [0.1, 0.15) is 11.5 Å². The number of carbonyl (C=O) groups excluding carboxylic acids is 1. The van der Waals surface area contributed by atoms with Gasteiger partial charge >= 0.3 is 0 Å². The Kier molecular flexibility index (Phi) is 5.27. The van der Waals surface area contributed by atoms with Crippen molar-refractivity contribution in [3.05, 3.63) is 52.0 Å². The van der Waals surface area contributed by atoms with Gasteiger partial charge in [-0.05, 0) is 26.0 Å². The van der Waals surface area contributed by atoms with Crippen molar-refractivity contribution in [1.82, 2.24) is 19.3 Å². The first kappa shape index (κ1) is 19.7. The van der Waals surface area contributed by atoms with Crippen LogP contribution in [0.15, 0.2) is 41.1 Å². The summed E-state index contributed by atoms with van der Waals surface area (Å²) in [7, 11) is -4.07. The molecule has 0 amide bonds. The van der Waals surface area contributed by atoms with E-state index in [1.54, 1.807) is 10.9 Å². The summed E-state index contributed by atoms with van der Waals surface area (Å²) in [5, 5.41) is 19.0. The van der Waals surface area contributed by atoms with Crippen molar-refractivity contribution in [2.24, 2.45) is 0 Å². The van der Waals surface area contributed by atoms with Crippen LogP contribution in [0.4, 0.5) is 5.69 Å². The lowest BCUT2D eigenvalue weighted by molar-refractivity contribution is -0.385. The van der Waals surface area contributed by atoms with Gasteiger partial charge in [0.05, 0.1) is 16.0 Å². The van der Waals surface area contributed by atoms with Crippen LogP contribution in [-0.2, 0) is 14.8 Å². The summed E-state index contributed by atoms with van der Waals surface area (Å²) in [5.74, 6) is -0.0898. The molecule has 0 radical (unpaired) electrons. The van der Waals surface area contributed by atoms with Gasteiger partial charge in [-0.15, -0.1) is 5.10 Å². The fraction of sp³-hybridized carbons (Fsp3) is 0.353. The summed E-state index contributed by atoms with van der Waals surface area (Å²) in [6.45, 7) is 3.82. The maximum Gasteiger partial charge on any atom is 0.270 e. The van der Waals surface area contributed by atoms with E-state index >= 15 is 0 Å². The lowest BCUT2D eigenvalue weighted by Gasteiger charge is -2.30. The number of benzene rings is 1. The molecule has 1 aliphatic heterocycles. The highest BCUT2D eigenvalue weighted by Gasteiger charge is 2.32. The molecule has 3 rings (SSSR count). The van der Waals surface area contributed by atoms with Gasteiger partial charge in [0.25, 0.3) is 15.7 Å². The minimum atomic E-state index is -4.07. The molecule has 2 aromatic rings. The SMILES string of the molecule is CC(C)n1cc(C=C2CC(=O)CCN2S(=O)(=O)c2cccc([N+](=O)[O-])c2)nn1. The van der Waals surface area contributed by atoms with Crippen LogP contribution >= 0.6 is 0 Å². The Morgan fingerprint density at radius 2 is 2.07 bits per heavy atom. The number of rotatable bonds is 5. The Bertz CT molecular complexity index is 1060. The van der Waals surface area contributed by atoms with Gasteiger partial charge in [0.15, 0.2) is 0 Å². The van der Waals surface area contributed by atoms with Crippen LogP contribution in [0.3, 0.4) is 0 Å².